The first-order chi connectivity index (χ1) is 11.8. The molecule has 3 aromatic carbocycles. The SMILES string of the molecule is [O-][N+]1(CCN=c2c3ccccc3ccc3ccccc23)CCCC1. The van der Waals surface area contributed by atoms with Crippen LogP contribution in [0.1, 0.15) is 12.8 Å². The molecular weight excluding hydrogens is 296 g/mol. The molecule has 0 unspecified atom stereocenters. The van der Waals surface area contributed by atoms with Gasteiger partial charge in [-0.3, -0.25) is 4.99 Å². The number of likely N-dealkylation sites (tertiary alicyclic amines) is 1. The molecule has 4 rings (SSSR count). The van der Waals surface area contributed by atoms with Crippen molar-refractivity contribution in [2.45, 2.75) is 12.8 Å². The van der Waals surface area contributed by atoms with Crippen LogP contribution < -0.4 is 5.36 Å². The number of fused-ring (bicyclic) bond motifs is 2. The Labute approximate surface area is 142 Å². The molecule has 0 bridgehead atoms. The first kappa shape index (κ1) is 15.3. The summed E-state index contributed by atoms with van der Waals surface area (Å²) in [6, 6.07) is 21.0. The smallest absolute Gasteiger partial charge is 0.0982 e. The van der Waals surface area contributed by atoms with Gasteiger partial charge in [0.2, 0.25) is 0 Å². The summed E-state index contributed by atoms with van der Waals surface area (Å²) >= 11 is 0. The Hall–Kier alpha value is -2.23. The second-order valence-corrected chi connectivity index (χ2v) is 6.67. The lowest BCUT2D eigenvalue weighted by Gasteiger charge is -2.37. The molecule has 0 spiro atoms. The van der Waals surface area contributed by atoms with Gasteiger partial charge in [0.15, 0.2) is 0 Å². The molecule has 1 aliphatic heterocycles. The van der Waals surface area contributed by atoms with E-state index in [9.17, 15) is 5.21 Å². The molecule has 0 amide bonds. The second kappa shape index (κ2) is 6.34. The monoisotopic (exact) mass is 318 g/mol. The largest absolute Gasteiger partial charge is 0.633 e. The van der Waals surface area contributed by atoms with Gasteiger partial charge >= 0.3 is 0 Å². The molecular formula is C21H22N2O. The normalized spacial score (nSPS) is 16.5. The number of hydroxylamine groups is 3. The molecule has 1 fully saturated rings. The second-order valence-electron chi connectivity index (χ2n) is 6.67. The Bertz CT molecular complexity index is 881. The lowest BCUT2D eigenvalue weighted by Crippen LogP contribution is -2.41. The van der Waals surface area contributed by atoms with Crippen molar-refractivity contribution in [3.8, 4) is 0 Å². The molecule has 122 valence electrons. The van der Waals surface area contributed by atoms with Gasteiger partial charge in [0, 0.05) is 23.6 Å². The molecule has 1 saturated heterocycles. The van der Waals surface area contributed by atoms with Crippen LogP contribution in [0.5, 0.6) is 0 Å². The van der Waals surface area contributed by atoms with E-state index in [0.29, 0.717) is 13.1 Å². The van der Waals surface area contributed by atoms with Gasteiger partial charge in [-0.25, -0.2) is 0 Å². The van der Waals surface area contributed by atoms with Crippen molar-refractivity contribution >= 4 is 21.5 Å². The van der Waals surface area contributed by atoms with E-state index < -0.39 is 0 Å². The molecule has 3 aromatic rings. The molecule has 1 heterocycles. The Morgan fingerprint density at radius 3 is 1.92 bits per heavy atom. The quantitative estimate of drug-likeness (QED) is 0.531. The van der Waals surface area contributed by atoms with E-state index in [1.54, 1.807) is 0 Å². The van der Waals surface area contributed by atoms with Crippen LogP contribution >= 0.6 is 0 Å². The highest BCUT2D eigenvalue weighted by Gasteiger charge is 2.21. The predicted molar refractivity (Wildman–Crippen MR) is 99.3 cm³/mol. The Balaban J connectivity index is 1.86. The number of rotatable bonds is 3. The van der Waals surface area contributed by atoms with Gasteiger partial charge in [-0.2, -0.15) is 0 Å². The lowest BCUT2D eigenvalue weighted by atomic mass is 10.1. The van der Waals surface area contributed by atoms with Crippen LogP contribution in [0.2, 0.25) is 0 Å². The fraction of sp³-hybridized carbons (Fsp3) is 0.286. The van der Waals surface area contributed by atoms with Crippen LogP contribution in [0, 0.1) is 5.21 Å². The first-order valence-electron chi connectivity index (χ1n) is 8.74. The maximum Gasteiger partial charge on any atom is 0.0982 e. The molecule has 3 heteroatoms. The van der Waals surface area contributed by atoms with E-state index in [-0.39, 0.29) is 4.65 Å². The maximum absolute atomic E-state index is 12.6. The molecule has 3 nitrogen and oxygen atoms in total. The van der Waals surface area contributed by atoms with E-state index in [4.69, 9.17) is 4.99 Å². The van der Waals surface area contributed by atoms with Crippen molar-refractivity contribution in [2.24, 2.45) is 4.99 Å². The molecule has 24 heavy (non-hydrogen) atoms. The molecule has 0 saturated carbocycles. The van der Waals surface area contributed by atoms with E-state index in [1.165, 1.54) is 10.8 Å². The van der Waals surface area contributed by atoms with Crippen LogP contribution in [0.4, 0.5) is 0 Å². The number of benzene rings is 2. The highest BCUT2D eigenvalue weighted by atomic mass is 16.5. The third-order valence-electron chi connectivity index (χ3n) is 5.03. The van der Waals surface area contributed by atoms with Gasteiger partial charge in [-0.15, -0.1) is 0 Å². The molecule has 0 aliphatic carbocycles. The minimum absolute atomic E-state index is 0.0711. The highest BCUT2D eigenvalue weighted by Crippen LogP contribution is 2.17. The summed E-state index contributed by atoms with van der Waals surface area (Å²) in [6.45, 7) is 2.67. The van der Waals surface area contributed by atoms with E-state index in [1.807, 2.05) is 0 Å². The zero-order chi connectivity index (χ0) is 16.4. The van der Waals surface area contributed by atoms with Gasteiger partial charge in [0.05, 0.1) is 31.5 Å². The minimum atomic E-state index is -0.0711. The fourth-order valence-corrected chi connectivity index (χ4v) is 3.69. The topological polar surface area (TPSA) is 35.4 Å². The average molecular weight is 318 g/mol. The summed E-state index contributed by atoms with van der Waals surface area (Å²) in [7, 11) is 0. The zero-order valence-electron chi connectivity index (χ0n) is 13.8. The Kier molecular flexibility index (Phi) is 4.05. The average Bonchev–Trinajstić information content (AvgIpc) is 2.97. The first-order valence-corrected chi connectivity index (χ1v) is 8.74. The lowest BCUT2D eigenvalue weighted by molar-refractivity contribution is -0.866. The summed E-state index contributed by atoms with van der Waals surface area (Å²) in [5.41, 5.74) is 0. The van der Waals surface area contributed by atoms with Gasteiger partial charge < -0.3 is 9.85 Å². The summed E-state index contributed by atoms with van der Waals surface area (Å²) in [5.74, 6) is 0. The molecule has 0 radical (unpaired) electrons. The third-order valence-corrected chi connectivity index (χ3v) is 5.03. The fourth-order valence-electron chi connectivity index (χ4n) is 3.69. The van der Waals surface area contributed by atoms with Gasteiger partial charge in [0.25, 0.3) is 0 Å². The van der Waals surface area contributed by atoms with Crippen LogP contribution in [-0.2, 0) is 0 Å². The minimum Gasteiger partial charge on any atom is -0.633 e. The van der Waals surface area contributed by atoms with Crippen molar-refractivity contribution in [1.82, 2.24) is 0 Å². The van der Waals surface area contributed by atoms with E-state index in [2.05, 4.69) is 60.7 Å². The van der Waals surface area contributed by atoms with Crippen molar-refractivity contribution < 1.29 is 4.65 Å². The zero-order valence-corrected chi connectivity index (χ0v) is 13.8. The standard InChI is InChI=1S/C21H22N2O/c24-23(14-5-6-15-23)16-13-22-21-19-9-3-1-7-17(19)11-12-18-8-2-4-10-20(18)21/h1-4,7-12H,5-6,13-16H2. The van der Waals surface area contributed by atoms with Crippen LogP contribution in [0.25, 0.3) is 21.5 Å². The summed E-state index contributed by atoms with van der Waals surface area (Å²) in [6.07, 6.45) is 2.10. The van der Waals surface area contributed by atoms with Gasteiger partial charge in [-0.1, -0.05) is 60.7 Å². The number of hydrogen-bond donors (Lipinski definition) is 0. The Morgan fingerprint density at radius 2 is 1.33 bits per heavy atom. The van der Waals surface area contributed by atoms with Crippen molar-refractivity contribution in [1.29, 1.82) is 0 Å². The molecule has 0 aromatic heterocycles. The maximum atomic E-state index is 12.6. The Morgan fingerprint density at radius 1 is 0.792 bits per heavy atom. The molecule has 1 aliphatic rings. The van der Waals surface area contributed by atoms with Crippen molar-refractivity contribution in [3.05, 3.63) is 71.2 Å². The van der Waals surface area contributed by atoms with Crippen molar-refractivity contribution in [2.75, 3.05) is 26.2 Å². The van der Waals surface area contributed by atoms with Crippen LogP contribution in [0.15, 0.2) is 65.7 Å². The summed E-state index contributed by atoms with van der Waals surface area (Å²) in [4.78, 5) is 4.90. The molecule has 0 N–H and O–H groups in total. The van der Waals surface area contributed by atoms with E-state index >= 15 is 0 Å². The van der Waals surface area contributed by atoms with Gasteiger partial charge in [-0.05, 0) is 10.8 Å². The third kappa shape index (κ3) is 2.93. The molecule has 0 atom stereocenters. The van der Waals surface area contributed by atoms with Crippen LogP contribution in [0.3, 0.4) is 0 Å². The number of hydrogen-bond acceptors (Lipinski definition) is 2. The van der Waals surface area contributed by atoms with Crippen LogP contribution in [-0.4, -0.2) is 30.8 Å². The summed E-state index contributed by atoms with van der Waals surface area (Å²) in [5, 5.41) is 18.2. The number of nitrogens with zero attached hydrogens (tertiary/aromatic N) is 2. The summed E-state index contributed by atoms with van der Waals surface area (Å²) < 4.78 is -0.0711. The van der Waals surface area contributed by atoms with E-state index in [0.717, 1.165) is 42.1 Å². The van der Waals surface area contributed by atoms with Crippen molar-refractivity contribution in [3.63, 3.8) is 0 Å². The highest BCUT2D eigenvalue weighted by molar-refractivity contribution is 5.92. The van der Waals surface area contributed by atoms with Gasteiger partial charge in [0.1, 0.15) is 0 Å². The number of quaternary nitrogens is 1. The predicted octanol–water partition coefficient (Wildman–Crippen LogP) is 4.00.